The highest BCUT2D eigenvalue weighted by Gasteiger charge is 2.29. The topological polar surface area (TPSA) is 53.7 Å². The van der Waals surface area contributed by atoms with Crippen LogP contribution in [0.1, 0.15) is 31.0 Å². The molecular formula is C15H19NO3. The molecule has 0 fully saturated rings. The van der Waals surface area contributed by atoms with Crippen LogP contribution in [0.5, 0.6) is 0 Å². The molecule has 102 valence electrons. The van der Waals surface area contributed by atoms with Gasteiger partial charge in [0.05, 0.1) is 6.26 Å². The minimum Gasteiger partial charge on any atom is -0.480 e. The first-order valence-corrected chi connectivity index (χ1v) is 6.53. The third kappa shape index (κ3) is 2.36. The molecule has 4 nitrogen and oxygen atoms in total. The van der Waals surface area contributed by atoms with Crippen molar-refractivity contribution < 1.29 is 14.3 Å². The molecule has 0 aliphatic carbocycles. The number of carboxylic acids is 1. The first-order chi connectivity index (χ1) is 9.10. The normalized spacial score (nSPS) is 13.1. The van der Waals surface area contributed by atoms with Crippen molar-refractivity contribution in [3.8, 4) is 0 Å². The zero-order chi connectivity index (χ0) is 14.0. The summed E-state index contributed by atoms with van der Waals surface area (Å²) in [5.41, 5.74) is 2.53. The van der Waals surface area contributed by atoms with Crippen molar-refractivity contribution in [2.75, 3.05) is 13.1 Å². The summed E-state index contributed by atoms with van der Waals surface area (Å²) < 4.78 is 5.51. The van der Waals surface area contributed by atoms with E-state index >= 15 is 0 Å². The number of hydrogen-bond donors (Lipinski definition) is 1. The highest BCUT2D eigenvalue weighted by Crippen LogP contribution is 2.32. The van der Waals surface area contributed by atoms with E-state index in [-0.39, 0.29) is 0 Å². The first-order valence-electron chi connectivity index (χ1n) is 6.53. The third-order valence-corrected chi connectivity index (χ3v) is 3.54. The molecule has 2 rings (SSSR count). The Morgan fingerprint density at radius 2 is 2.05 bits per heavy atom. The summed E-state index contributed by atoms with van der Waals surface area (Å²) in [7, 11) is 0. The van der Waals surface area contributed by atoms with Gasteiger partial charge in [-0.3, -0.25) is 9.69 Å². The predicted molar refractivity (Wildman–Crippen MR) is 74.2 cm³/mol. The minimum atomic E-state index is -0.838. The maximum Gasteiger partial charge on any atom is 0.325 e. The SMILES string of the molecule is CCN(CC)C(C(=O)O)c1coc2cccc(C)c12. The van der Waals surface area contributed by atoms with E-state index in [1.165, 1.54) is 0 Å². The summed E-state index contributed by atoms with van der Waals surface area (Å²) in [6.07, 6.45) is 1.58. The van der Waals surface area contributed by atoms with Gasteiger partial charge in [-0.2, -0.15) is 0 Å². The van der Waals surface area contributed by atoms with Gasteiger partial charge >= 0.3 is 5.97 Å². The Morgan fingerprint density at radius 1 is 1.37 bits per heavy atom. The highest BCUT2D eigenvalue weighted by molar-refractivity contribution is 5.89. The number of fused-ring (bicyclic) bond motifs is 1. The Labute approximate surface area is 112 Å². The second-order valence-electron chi connectivity index (χ2n) is 4.60. The molecule has 0 aliphatic rings. The molecular weight excluding hydrogens is 242 g/mol. The molecule has 0 saturated carbocycles. The van der Waals surface area contributed by atoms with Crippen LogP contribution in [0.2, 0.25) is 0 Å². The van der Waals surface area contributed by atoms with Gasteiger partial charge in [0.2, 0.25) is 0 Å². The summed E-state index contributed by atoms with van der Waals surface area (Å²) >= 11 is 0. The van der Waals surface area contributed by atoms with Crippen LogP contribution in [0, 0.1) is 6.92 Å². The largest absolute Gasteiger partial charge is 0.480 e. The smallest absolute Gasteiger partial charge is 0.325 e. The summed E-state index contributed by atoms with van der Waals surface area (Å²) in [5, 5.41) is 10.5. The number of likely N-dealkylation sites (N-methyl/N-ethyl adjacent to an activating group) is 1. The fourth-order valence-corrected chi connectivity index (χ4v) is 2.57. The number of carboxylic acid groups (broad SMARTS) is 1. The molecule has 0 spiro atoms. The lowest BCUT2D eigenvalue weighted by atomic mass is 10.0. The predicted octanol–water partition coefficient (Wildman–Crippen LogP) is 3.21. The van der Waals surface area contributed by atoms with Crippen molar-refractivity contribution >= 4 is 16.9 Å². The average molecular weight is 261 g/mol. The molecule has 2 aromatic rings. The maximum absolute atomic E-state index is 11.6. The number of benzene rings is 1. The molecule has 0 radical (unpaired) electrons. The van der Waals surface area contributed by atoms with Crippen molar-refractivity contribution in [3.05, 3.63) is 35.6 Å². The number of rotatable bonds is 5. The van der Waals surface area contributed by atoms with Crippen molar-refractivity contribution in [2.45, 2.75) is 26.8 Å². The fourth-order valence-electron chi connectivity index (χ4n) is 2.57. The summed E-state index contributed by atoms with van der Waals surface area (Å²) in [6.45, 7) is 7.28. The lowest BCUT2D eigenvalue weighted by molar-refractivity contribution is -0.143. The quantitative estimate of drug-likeness (QED) is 0.898. The lowest BCUT2D eigenvalue weighted by Crippen LogP contribution is -2.33. The second kappa shape index (κ2) is 5.45. The number of carbonyl (C=O) groups is 1. The molecule has 19 heavy (non-hydrogen) atoms. The van der Waals surface area contributed by atoms with E-state index in [4.69, 9.17) is 4.42 Å². The molecule has 1 N–H and O–H groups in total. The monoisotopic (exact) mass is 261 g/mol. The van der Waals surface area contributed by atoms with E-state index in [0.29, 0.717) is 13.1 Å². The summed E-state index contributed by atoms with van der Waals surface area (Å²) in [6, 6.07) is 5.10. The Hall–Kier alpha value is -1.81. The van der Waals surface area contributed by atoms with Crippen LogP contribution in [0.15, 0.2) is 28.9 Å². The van der Waals surface area contributed by atoms with Gasteiger partial charge in [-0.05, 0) is 31.6 Å². The average Bonchev–Trinajstić information content (AvgIpc) is 2.80. The van der Waals surface area contributed by atoms with Gasteiger partial charge in [0, 0.05) is 10.9 Å². The number of hydrogen-bond acceptors (Lipinski definition) is 3. The van der Waals surface area contributed by atoms with Gasteiger partial charge in [0.25, 0.3) is 0 Å². The highest BCUT2D eigenvalue weighted by atomic mass is 16.4. The molecule has 0 amide bonds. The van der Waals surface area contributed by atoms with Gasteiger partial charge in [-0.1, -0.05) is 26.0 Å². The number of aryl methyl sites for hydroxylation is 1. The van der Waals surface area contributed by atoms with Gasteiger partial charge in [-0.25, -0.2) is 0 Å². The van der Waals surface area contributed by atoms with E-state index in [1.54, 1.807) is 6.26 Å². The maximum atomic E-state index is 11.6. The van der Waals surface area contributed by atoms with Gasteiger partial charge in [0.1, 0.15) is 11.6 Å². The molecule has 4 heteroatoms. The summed E-state index contributed by atoms with van der Waals surface area (Å²) in [4.78, 5) is 13.5. The molecule has 1 aromatic heterocycles. The van der Waals surface area contributed by atoms with E-state index in [0.717, 1.165) is 22.1 Å². The van der Waals surface area contributed by atoms with Gasteiger partial charge in [-0.15, -0.1) is 0 Å². The van der Waals surface area contributed by atoms with Crippen LogP contribution in [-0.4, -0.2) is 29.1 Å². The Morgan fingerprint density at radius 3 is 2.63 bits per heavy atom. The minimum absolute atomic E-state index is 0.655. The molecule has 0 bridgehead atoms. The molecule has 0 aliphatic heterocycles. The molecule has 1 heterocycles. The van der Waals surface area contributed by atoms with Crippen LogP contribution in [0.4, 0.5) is 0 Å². The Balaban J connectivity index is 2.60. The van der Waals surface area contributed by atoms with E-state index < -0.39 is 12.0 Å². The van der Waals surface area contributed by atoms with Crippen LogP contribution >= 0.6 is 0 Å². The number of furan rings is 1. The molecule has 1 atom stereocenters. The van der Waals surface area contributed by atoms with Crippen molar-refractivity contribution in [1.29, 1.82) is 0 Å². The zero-order valence-electron chi connectivity index (χ0n) is 11.5. The van der Waals surface area contributed by atoms with E-state index in [1.807, 2.05) is 43.9 Å². The van der Waals surface area contributed by atoms with Crippen LogP contribution < -0.4 is 0 Å². The second-order valence-corrected chi connectivity index (χ2v) is 4.60. The van der Waals surface area contributed by atoms with Gasteiger partial charge < -0.3 is 9.52 Å². The van der Waals surface area contributed by atoms with Crippen LogP contribution in [-0.2, 0) is 4.79 Å². The first kappa shape index (κ1) is 13.6. The van der Waals surface area contributed by atoms with Crippen LogP contribution in [0.25, 0.3) is 11.0 Å². The third-order valence-electron chi connectivity index (χ3n) is 3.54. The Bertz CT molecular complexity index is 584. The lowest BCUT2D eigenvalue weighted by Gasteiger charge is -2.25. The standard InChI is InChI=1S/C15H19NO3/c1-4-16(5-2)14(15(17)18)11-9-19-12-8-6-7-10(3)13(11)12/h6-9,14H,4-5H2,1-3H3,(H,17,18). The summed E-state index contributed by atoms with van der Waals surface area (Å²) in [5.74, 6) is -0.838. The number of nitrogens with zero attached hydrogens (tertiary/aromatic N) is 1. The van der Waals surface area contributed by atoms with Crippen molar-refractivity contribution in [3.63, 3.8) is 0 Å². The molecule has 1 aromatic carbocycles. The van der Waals surface area contributed by atoms with Crippen molar-refractivity contribution in [2.24, 2.45) is 0 Å². The molecule has 0 saturated heterocycles. The molecule has 1 unspecified atom stereocenters. The van der Waals surface area contributed by atoms with Gasteiger partial charge in [0.15, 0.2) is 0 Å². The number of aliphatic carboxylic acids is 1. The Kier molecular flexibility index (Phi) is 3.90. The van der Waals surface area contributed by atoms with Crippen molar-refractivity contribution in [1.82, 2.24) is 4.90 Å². The zero-order valence-corrected chi connectivity index (χ0v) is 11.5. The van der Waals surface area contributed by atoms with E-state index in [2.05, 4.69) is 0 Å². The fraction of sp³-hybridized carbons (Fsp3) is 0.400. The van der Waals surface area contributed by atoms with E-state index in [9.17, 15) is 9.90 Å². The van der Waals surface area contributed by atoms with Crippen LogP contribution in [0.3, 0.4) is 0 Å².